The Kier molecular flexibility index (Phi) is 2.08. The maximum atomic E-state index is 5.96. The summed E-state index contributed by atoms with van der Waals surface area (Å²) in [7, 11) is 0. The molecule has 1 saturated carbocycles. The molecule has 0 aromatic heterocycles. The minimum atomic E-state index is -0.214. The van der Waals surface area contributed by atoms with Crippen molar-refractivity contribution in [2.45, 2.75) is 37.9 Å². The van der Waals surface area contributed by atoms with Crippen molar-refractivity contribution in [1.29, 1.82) is 0 Å². The molecule has 3 heteroatoms. The van der Waals surface area contributed by atoms with E-state index in [1.807, 2.05) is 0 Å². The molecule has 1 unspecified atom stereocenters. The molecule has 1 N–H and O–H groups in total. The van der Waals surface area contributed by atoms with Crippen LogP contribution >= 0.6 is 0 Å². The molecule has 0 amide bonds. The van der Waals surface area contributed by atoms with Crippen LogP contribution in [-0.4, -0.2) is 32.1 Å². The first kappa shape index (κ1) is 9.13. The highest BCUT2D eigenvalue weighted by molar-refractivity contribution is 5.03. The lowest BCUT2D eigenvalue weighted by molar-refractivity contribution is -0.250. The minimum Gasteiger partial charge on any atom is -0.347 e. The van der Waals surface area contributed by atoms with E-state index in [9.17, 15) is 0 Å². The summed E-state index contributed by atoms with van der Waals surface area (Å²) in [5.74, 6) is -0.214. The summed E-state index contributed by atoms with van der Waals surface area (Å²) in [6, 6.07) is 0. The third-order valence-corrected chi connectivity index (χ3v) is 4.22. The summed E-state index contributed by atoms with van der Waals surface area (Å²) in [4.78, 5) is 0. The Hall–Kier alpha value is -0.120. The summed E-state index contributed by atoms with van der Waals surface area (Å²) in [6.07, 6.45) is 6.22. The van der Waals surface area contributed by atoms with Crippen molar-refractivity contribution in [2.24, 2.45) is 5.41 Å². The molecule has 3 aliphatic rings. The lowest BCUT2D eigenvalue weighted by Crippen LogP contribution is -2.52. The molecule has 0 aromatic carbocycles. The van der Waals surface area contributed by atoms with Crippen molar-refractivity contribution in [3.05, 3.63) is 0 Å². The molecule has 80 valence electrons. The van der Waals surface area contributed by atoms with E-state index in [0.29, 0.717) is 5.41 Å². The predicted octanol–water partition coefficient (Wildman–Crippen LogP) is 1.28. The number of fused-ring (bicyclic) bond motifs is 1. The monoisotopic (exact) mass is 197 g/mol. The molecule has 2 heterocycles. The molecule has 3 nitrogen and oxygen atoms in total. The predicted molar refractivity (Wildman–Crippen MR) is 53.0 cm³/mol. The molecule has 2 saturated heterocycles. The smallest absolute Gasteiger partial charge is 0.175 e. The Morgan fingerprint density at radius 1 is 0.929 bits per heavy atom. The van der Waals surface area contributed by atoms with Crippen molar-refractivity contribution >= 4 is 0 Å². The van der Waals surface area contributed by atoms with Crippen LogP contribution in [-0.2, 0) is 9.47 Å². The van der Waals surface area contributed by atoms with Crippen LogP contribution in [0, 0.1) is 5.41 Å². The first-order valence-corrected chi connectivity index (χ1v) is 5.86. The van der Waals surface area contributed by atoms with Crippen LogP contribution in [0.5, 0.6) is 0 Å². The first-order valence-electron chi connectivity index (χ1n) is 5.86. The van der Waals surface area contributed by atoms with Gasteiger partial charge in [0.05, 0.1) is 13.2 Å². The zero-order valence-electron chi connectivity index (χ0n) is 8.68. The van der Waals surface area contributed by atoms with Crippen LogP contribution in [0.4, 0.5) is 0 Å². The van der Waals surface area contributed by atoms with Crippen molar-refractivity contribution < 1.29 is 9.47 Å². The third-order valence-electron chi connectivity index (χ3n) is 4.22. The number of hydrogen-bond donors (Lipinski definition) is 1. The number of rotatable bonds is 0. The summed E-state index contributed by atoms with van der Waals surface area (Å²) in [5.41, 5.74) is 0.293. The fraction of sp³-hybridized carbons (Fsp3) is 1.00. The highest BCUT2D eigenvalue weighted by atomic mass is 16.7. The molecule has 1 atom stereocenters. The van der Waals surface area contributed by atoms with Gasteiger partial charge in [0.2, 0.25) is 0 Å². The quantitative estimate of drug-likeness (QED) is 0.634. The van der Waals surface area contributed by atoms with E-state index in [1.54, 1.807) is 0 Å². The Morgan fingerprint density at radius 3 is 2.43 bits per heavy atom. The Bertz CT molecular complexity index is 193. The minimum absolute atomic E-state index is 0.214. The maximum absolute atomic E-state index is 5.96. The SMILES string of the molecule is C1CCC2(OCCO2)C2(C1)CCNC2. The summed E-state index contributed by atoms with van der Waals surface area (Å²) < 4.78 is 11.9. The van der Waals surface area contributed by atoms with Gasteiger partial charge in [0.15, 0.2) is 5.79 Å². The molecule has 3 rings (SSSR count). The second kappa shape index (κ2) is 3.19. The number of nitrogens with one attached hydrogen (secondary N) is 1. The molecule has 1 aliphatic carbocycles. The normalized spacial score (nSPS) is 41.1. The average molecular weight is 197 g/mol. The van der Waals surface area contributed by atoms with Gasteiger partial charge in [-0.1, -0.05) is 6.42 Å². The lowest BCUT2D eigenvalue weighted by Gasteiger charge is -2.47. The van der Waals surface area contributed by atoms with Gasteiger partial charge < -0.3 is 14.8 Å². The Morgan fingerprint density at radius 2 is 1.71 bits per heavy atom. The lowest BCUT2D eigenvalue weighted by atomic mass is 9.68. The van der Waals surface area contributed by atoms with Crippen LogP contribution in [0.15, 0.2) is 0 Å². The second-order valence-electron chi connectivity index (χ2n) is 4.86. The fourth-order valence-corrected chi connectivity index (χ4v) is 3.46. The standard InChI is InChI=1S/C11H19NO2/c1-2-4-11(13-7-8-14-11)10(3-1)5-6-12-9-10/h12H,1-9H2. The molecule has 2 aliphatic heterocycles. The van der Waals surface area contributed by atoms with Crippen molar-refractivity contribution in [3.63, 3.8) is 0 Å². The van der Waals surface area contributed by atoms with Gasteiger partial charge in [0, 0.05) is 18.4 Å². The zero-order chi connectivity index (χ0) is 9.49. The number of ether oxygens (including phenoxy) is 2. The molecule has 3 fully saturated rings. The fourth-order valence-electron chi connectivity index (χ4n) is 3.46. The molecule has 2 spiro atoms. The van der Waals surface area contributed by atoms with Crippen molar-refractivity contribution in [1.82, 2.24) is 5.32 Å². The van der Waals surface area contributed by atoms with Crippen LogP contribution in [0.25, 0.3) is 0 Å². The van der Waals surface area contributed by atoms with E-state index < -0.39 is 0 Å². The number of hydrogen-bond acceptors (Lipinski definition) is 3. The van der Waals surface area contributed by atoms with Gasteiger partial charge in [-0.3, -0.25) is 0 Å². The van der Waals surface area contributed by atoms with E-state index in [2.05, 4.69) is 5.32 Å². The highest BCUT2D eigenvalue weighted by Gasteiger charge is 2.57. The highest BCUT2D eigenvalue weighted by Crippen LogP contribution is 2.52. The van der Waals surface area contributed by atoms with Gasteiger partial charge in [0.25, 0.3) is 0 Å². The Balaban J connectivity index is 1.91. The van der Waals surface area contributed by atoms with Crippen molar-refractivity contribution in [3.8, 4) is 0 Å². The van der Waals surface area contributed by atoms with E-state index in [4.69, 9.17) is 9.47 Å². The Labute approximate surface area is 85.1 Å². The topological polar surface area (TPSA) is 30.5 Å². The van der Waals surface area contributed by atoms with E-state index in [0.717, 1.165) is 32.7 Å². The maximum Gasteiger partial charge on any atom is 0.175 e. The molecule has 14 heavy (non-hydrogen) atoms. The second-order valence-corrected chi connectivity index (χ2v) is 4.86. The van der Waals surface area contributed by atoms with Crippen LogP contribution in [0.2, 0.25) is 0 Å². The first-order chi connectivity index (χ1) is 6.87. The molecular weight excluding hydrogens is 178 g/mol. The average Bonchev–Trinajstić information content (AvgIpc) is 2.81. The third kappa shape index (κ3) is 1.09. The molecular formula is C11H19NO2. The van der Waals surface area contributed by atoms with Gasteiger partial charge in [-0.25, -0.2) is 0 Å². The molecule has 0 aromatic rings. The van der Waals surface area contributed by atoms with Gasteiger partial charge in [-0.2, -0.15) is 0 Å². The van der Waals surface area contributed by atoms with Crippen LogP contribution in [0.1, 0.15) is 32.1 Å². The summed E-state index contributed by atoms with van der Waals surface area (Å²) >= 11 is 0. The van der Waals surface area contributed by atoms with Crippen LogP contribution < -0.4 is 5.32 Å². The molecule has 0 radical (unpaired) electrons. The zero-order valence-corrected chi connectivity index (χ0v) is 8.68. The molecule has 0 bridgehead atoms. The van der Waals surface area contributed by atoms with Gasteiger partial charge >= 0.3 is 0 Å². The summed E-state index contributed by atoms with van der Waals surface area (Å²) in [5, 5.41) is 3.47. The van der Waals surface area contributed by atoms with Crippen LogP contribution in [0.3, 0.4) is 0 Å². The largest absolute Gasteiger partial charge is 0.347 e. The van der Waals surface area contributed by atoms with E-state index in [1.165, 1.54) is 25.7 Å². The van der Waals surface area contributed by atoms with E-state index >= 15 is 0 Å². The summed E-state index contributed by atoms with van der Waals surface area (Å²) in [6.45, 7) is 3.81. The van der Waals surface area contributed by atoms with E-state index in [-0.39, 0.29) is 5.79 Å². The van der Waals surface area contributed by atoms with Gasteiger partial charge in [-0.15, -0.1) is 0 Å². The van der Waals surface area contributed by atoms with Crippen molar-refractivity contribution in [2.75, 3.05) is 26.3 Å². The van der Waals surface area contributed by atoms with Gasteiger partial charge in [0.1, 0.15) is 0 Å². The van der Waals surface area contributed by atoms with Gasteiger partial charge in [-0.05, 0) is 25.8 Å².